The smallest absolute Gasteiger partial charge is 0.244 e. The van der Waals surface area contributed by atoms with Gasteiger partial charge in [-0.05, 0) is 42.8 Å². The minimum absolute atomic E-state index is 0.0221. The fourth-order valence-corrected chi connectivity index (χ4v) is 3.61. The highest BCUT2D eigenvalue weighted by atomic mass is 35.5. The van der Waals surface area contributed by atoms with E-state index in [0.717, 1.165) is 5.56 Å². The maximum absolute atomic E-state index is 12.4. The molecule has 0 radical (unpaired) electrons. The molecular formula is C16H17Cl2NO4S. The molecule has 0 aliphatic heterocycles. The molecule has 0 saturated carbocycles. The zero-order chi connectivity index (χ0) is 17.7. The average Bonchev–Trinajstić information content (AvgIpc) is 2.54. The third-order valence-electron chi connectivity index (χ3n) is 3.15. The van der Waals surface area contributed by atoms with E-state index < -0.39 is 10.0 Å². The Labute approximate surface area is 151 Å². The van der Waals surface area contributed by atoms with Gasteiger partial charge in [0.15, 0.2) is 0 Å². The first-order chi connectivity index (χ1) is 11.3. The molecule has 1 N–H and O–H groups in total. The highest BCUT2D eigenvalue weighted by Crippen LogP contribution is 2.27. The first kappa shape index (κ1) is 18.9. The summed E-state index contributed by atoms with van der Waals surface area (Å²) in [5.41, 5.74) is 0.999. The van der Waals surface area contributed by atoms with Crippen molar-refractivity contribution in [2.75, 3.05) is 20.3 Å². The van der Waals surface area contributed by atoms with Crippen LogP contribution >= 0.6 is 23.2 Å². The quantitative estimate of drug-likeness (QED) is 0.733. The van der Waals surface area contributed by atoms with E-state index in [4.69, 9.17) is 32.7 Å². The Kier molecular flexibility index (Phi) is 6.34. The molecule has 0 bridgehead atoms. The monoisotopic (exact) mass is 389 g/mol. The lowest BCUT2D eigenvalue weighted by Gasteiger charge is -2.12. The van der Waals surface area contributed by atoms with E-state index in [1.54, 1.807) is 18.2 Å². The standard InChI is InChI=1S/C16H17Cl2NO4S/c1-11-3-5-13(18)15(9-11)23-8-7-19-24(20,21)16-10-12(17)4-6-14(16)22-2/h3-6,9-10,19H,7-8H2,1-2H3. The fourth-order valence-electron chi connectivity index (χ4n) is 2.00. The molecule has 0 aromatic heterocycles. The highest BCUT2D eigenvalue weighted by molar-refractivity contribution is 7.89. The van der Waals surface area contributed by atoms with Crippen molar-refractivity contribution in [3.63, 3.8) is 0 Å². The lowest BCUT2D eigenvalue weighted by Crippen LogP contribution is -2.28. The largest absolute Gasteiger partial charge is 0.495 e. The summed E-state index contributed by atoms with van der Waals surface area (Å²) in [6, 6.07) is 9.77. The van der Waals surface area contributed by atoms with Gasteiger partial charge in [-0.15, -0.1) is 0 Å². The molecule has 0 aliphatic carbocycles. The van der Waals surface area contributed by atoms with E-state index in [1.807, 2.05) is 13.0 Å². The lowest BCUT2D eigenvalue weighted by atomic mass is 10.2. The summed E-state index contributed by atoms with van der Waals surface area (Å²) in [4.78, 5) is -0.0221. The first-order valence-electron chi connectivity index (χ1n) is 7.05. The van der Waals surface area contributed by atoms with Crippen LogP contribution in [-0.2, 0) is 10.0 Å². The Morgan fingerprint density at radius 1 is 1.08 bits per heavy atom. The maximum atomic E-state index is 12.4. The first-order valence-corrected chi connectivity index (χ1v) is 9.29. The van der Waals surface area contributed by atoms with Crippen LogP contribution in [0, 0.1) is 6.92 Å². The van der Waals surface area contributed by atoms with E-state index in [-0.39, 0.29) is 23.8 Å². The molecule has 0 atom stereocenters. The van der Waals surface area contributed by atoms with E-state index >= 15 is 0 Å². The number of methoxy groups -OCH3 is 1. The molecule has 0 spiro atoms. The number of hydrogen-bond acceptors (Lipinski definition) is 4. The summed E-state index contributed by atoms with van der Waals surface area (Å²) in [5.74, 6) is 0.728. The van der Waals surface area contributed by atoms with Crippen LogP contribution in [0.3, 0.4) is 0 Å². The molecule has 24 heavy (non-hydrogen) atoms. The van der Waals surface area contributed by atoms with Crippen molar-refractivity contribution in [3.8, 4) is 11.5 Å². The van der Waals surface area contributed by atoms with Gasteiger partial charge in [-0.25, -0.2) is 13.1 Å². The van der Waals surface area contributed by atoms with Crippen molar-refractivity contribution < 1.29 is 17.9 Å². The Morgan fingerprint density at radius 3 is 2.54 bits per heavy atom. The summed E-state index contributed by atoms with van der Waals surface area (Å²) in [6.45, 7) is 2.12. The topological polar surface area (TPSA) is 64.6 Å². The summed E-state index contributed by atoms with van der Waals surface area (Å²) >= 11 is 11.9. The van der Waals surface area contributed by atoms with Crippen LogP contribution in [0.2, 0.25) is 10.0 Å². The van der Waals surface area contributed by atoms with Crippen molar-refractivity contribution in [1.29, 1.82) is 0 Å². The number of sulfonamides is 1. The Hall–Kier alpha value is -1.47. The predicted octanol–water partition coefficient (Wildman–Crippen LogP) is 3.67. The molecule has 2 aromatic rings. The molecule has 2 rings (SSSR count). The van der Waals surface area contributed by atoms with E-state index in [1.165, 1.54) is 19.2 Å². The zero-order valence-corrected chi connectivity index (χ0v) is 15.5. The molecule has 0 unspecified atom stereocenters. The number of benzene rings is 2. The minimum atomic E-state index is -3.77. The van der Waals surface area contributed by atoms with Crippen LogP contribution in [0.4, 0.5) is 0 Å². The van der Waals surface area contributed by atoms with Gasteiger partial charge in [0.2, 0.25) is 10.0 Å². The molecule has 5 nitrogen and oxygen atoms in total. The predicted molar refractivity (Wildman–Crippen MR) is 94.9 cm³/mol. The number of halogens is 2. The van der Waals surface area contributed by atoms with Gasteiger partial charge < -0.3 is 9.47 Å². The minimum Gasteiger partial charge on any atom is -0.495 e. The lowest BCUT2D eigenvalue weighted by molar-refractivity contribution is 0.322. The second-order valence-electron chi connectivity index (χ2n) is 4.98. The SMILES string of the molecule is COc1ccc(Cl)cc1S(=O)(=O)NCCOc1cc(C)ccc1Cl. The van der Waals surface area contributed by atoms with E-state index in [2.05, 4.69) is 4.72 Å². The van der Waals surface area contributed by atoms with Crippen LogP contribution in [-0.4, -0.2) is 28.7 Å². The van der Waals surface area contributed by atoms with Crippen molar-refractivity contribution in [3.05, 3.63) is 52.0 Å². The number of nitrogens with one attached hydrogen (secondary N) is 1. The molecule has 0 heterocycles. The van der Waals surface area contributed by atoms with Crippen molar-refractivity contribution in [2.24, 2.45) is 0 Å². The van der Waals surface area contributed by atoms with Gasteiger partial charge in [-0.2, -0.15) is 0 Å². The van der Waals surface area contributed by atoms with Crippen molar-refractivity contribution in [2.45, 2.75) is 11.8 Å². The third kappa shape index (κ3) is 4.77. The molecule has 0 amide bonds. The third-order valence-corrected chi connectivity index (χ3v) is 5.18. The summed E-state index contributed by atoms with van der Waals surface area (Å²) in [5, 5.41) is 0.777. The van der Waals surface area contributed by atoms with E-state index in [0.29, 0.717) is 15.8 Å². The van der Waals surface area contributed by atoms with Crippen LogP contribution in [0.15, 0.2) is 41.3 Å². The number of rotatable bonds is 7. The zero-order valence-electron chi connectivity index (χ0n) is 13.2. The molecule has 0 fully saturated rings. The van der Waals surface area contributed by atoms with Crippen LogP contribution in [0.25, 0.3) is 0 Å². The molecule has 2 aromatic carbocycles. The van der Waals surface area contributed by atoms with Gasteiger partial charge >= 0.3 is 0 Å². The Morgan fingerprint density at radius 2 is 1.83 bits per heavy atom. The molecule has 0 saturated heterocycles. The van der Waals surface area contributed by atoms with Gasteiger partial charge in [0.05, 0.1) is 12.1 Å². The summed E-state index contributed by atoms with van der Waals surface area (Å²) < 4.78 is 37.8. The second kappa shape index (κ2) is 8.07. The van der Waals surface area contributed by atoms with Crippen molar-refractivity contribution in [1.82, 2.24) is 4.72 Å². The summed E-state index contributed by atoms with van der Waals surface area (Å²) in [7, 11) is -2.38. The summed E-state index contributed by atoms with van der Waals surface area (Å²) in [6.07, 6.45) is 0. The Bertz CT molecular complexity index is 825. The number of aryl methyl sites for hydroxylation is 1. The van der Waals surface area contributed by atoms with Gasteiger partial charge in [0.1, 0.15) is 23.0 Å². The number of hydrogen-bond donors (Lipinski definition) is 1. The van der Waals surface area contributed by atoms with Crippen molar-refractivity contribution >= 4 is 33.2 Å². The maximum Gasteiger partial charge on any atom is 0.244 e. The Balaban J connectivity index is 2.01. The van der Waals surface area contributed by atoms with E-state index in [9.17, 15) is 8.42 Å². The molecule has 130 valence electrons. The molecule has 0 aliphatic rings. The van der Waals surface area contributed by atoms with Gasteiger partial charge in [-0.3, -0.25) is 0 Å². The van der Waals surface area contributed by atoms with Crippen LogP contribution < -0.4 is 14.2 Å². The van der Waals surface area contributed by atoms with Gasteiger partial charge in [0, 0.05) is 11.6 Å². The second-order valence-corrected chi connectivity index (χ2v) is 7.55. The van der Waals surface area contributed by atoms with Crippen LogP contribution in [0.5, 0.6) is 11.5 Å². The number of ether oxygens (including phenoxy) is 2. The molecule has 8 heteroatoms. The van der Waals surface area contributed by atoms with Crippen LogP contribution in [0.1, 0.15) is 5.56 Å². The van der Waals surface area contributed by atoms with Gasteiger partial charge in [-0.1, -0.05) is 29.3 Å². The normalized spacial score (nSPS) is 11.3. The highest BCUT2D eigenvalue weighted by Gasteiger charge is 2.19. The van der Waals surface area contributed by atoms with Gasteiger partial charge in [0.25, 0.3) is 0 Å². The molecular weight excluding hydrogens is 373 g/mol. The fraction of sp³-hybridized carbons (Fsp3) is 0.250. The average molecular weight is 390 g/mol.